The van der Waals surface area contributed by atoms with Gasteiger partial charge in [0.1, 0.15) is 0 Å². The van der Waals surface area contributed by atoms with Gasteiger partial charge in [-0.25, -0.2) is 0 Å². The number of hydrogen-bond acceptors (Lipinski definition) is 3. The van der Waals surface area contributed by atoms with E-state index in [2.05, 4.69) is 11.1 Å². The standard InChI is InChI=1S/ClH3O3Si.Na/c1-5(2,3)4;/h2-4H;. The first kappa shape index (κ1) is 10.4. The van der Waals surface area contributed by atoms with Gasteiger partial charge in [0.15, 0.2) is 0 Å². The van der Waals surface area contributed by atoms with E-state index in [1.807, 2.05) is 0 Å². The molecule has 33 valence electrons. The molecule has 6 heavy (non-hydrogen) atoms. The minimum Gasteiger partial charge on any atom is -0.378 e. The molecule has 0 saturated carbocycles. The quantitative estimate of drug-likeness (QED) is 0.274. The molecule has 0 unspecified atom stereocenters. The van der Waals surface area contributed by atoms with Crippen LogP contribution in [0.5, 0.6) is 0 Å². The average molecular weight is 138 g/mol. The Morgan fingerprint density at radius 2 is 1.17 bits per heavy atom. The number of hydrogen-bond donors (Lipinski definition) is 3. The van der Waals surface area contributed by atoms with Crippen molar-refractivity contribution < 1.29 is 14.4 Å². The molecule has 0 aliphatic rings. The molecule has 3 N–H and O–H groups in total. The van der Waals surface area contributed by atoms with Crippen molar-refractivity contribution in [1.82, 2.24) is 0 Å². The second-order valence-electron chi connectivity index (χ2n) is 0.554. The van der Waals surface area contributed by atoms with Crippen LogP contribution in [0.15, 0.2) is 0 Å². The summed E-state index contributed by atoms with van der Waals surface area (Å²) in [6.45, 7) is 0. The van der Waals surface area contributed by atoms with E-state index in [1.165, 1.54) is 0 Å². The van der Waals surface area contributed by atoms with Crippen molar-refractivity contribution in [2.75, 3.05) is 0 Å². The van der Waals surface area contributed by atoms with Crippen molar-refractivity contribution in [3.05, 3.63) is 0 Å². The normalized spacial score (nSPS) is 10.0. The summed E-state index contributed by atoms with van der Waals surface area (Å²) < 4.78 is 0. The summed E-state index contributed by atoms with van der Waals surface area (Å²) in [7, 11) is -4.14. The maximum Gasteiger partial charge on any atom is 0.605 e. The first-order valence-electron chi connectivity index (χ1n) is 0.860. The Balaban J connectivity index is 0. The van der Waals surface area contributed by atoms with Crippen LogP contribution >= 0.6 is 11.1 Å². The molecule has 0 aliphatic carbocycles. The van der Waals surface area contributed by atoms with Crippen LogP contribution in [0.4, 0.5) is 0 Å². The van der Waals surface area contributed by atoms with Gasteiger partial charge in [0.25, 0.3) is 0 Å². The van der Waals surface area contributed by atoms with Gasteiger partial charge in [-0.05, 0) is 0 Å². The van der Waals surface area contributed by atoms with Gasteiger partial charge in [0.05, 0.1) is 0 Å². The van der Waals surface area contributed by atoms with E-state index in [4.69, 9.17) is 14.4 Å². The molecule has 0 amide bonds. The Morgan fingerprint density at radius 1 is 1.17 bits per heavy atom. The van der Waals surface area contributed by atoms with E-state index in [0.29, 0.717) is 0 Å². The van der Waals surface area contributed by atoms with Crippen LogP contribution in [0.3, 0.4) is 0 Å². The van der Waals surface area contributed by atoms with Crippen molar-refractivity contribution in [3.8, 4) is 0 Å². The van der Waals surface area contributed by atoms with E-state index in [1.54, 1.807) is 0 Å². The minimum atomic E-state index is -4.14. The van der Waals surface area contributed by atoms with Crippen LogP contribution in [0, 0.1) is 0 Å². The molecule has 0 fully saturated rings. The molecule has 0 aromatic rings. The third-order valence-corrected chi connectivity index (χ3v) is 0. The molecule has 3 nitrogen and oxygen atoms in total. The first-order chi connectivity index (χ1) is 2.00. The molecule has 0 aromatic carbocycles. The smallest absolute Gasteiger partial charge is 0.378 e. The van der Waals surface area contributed by atoms with Crippen molar-refractivity contribution in [2.24, 2.45) is 0 Å². The van der Waals surface area contributed by atoms with Crippen molar-refractivity contribution in [2.45, 2.75) is 0 Å². The fraction of sp³-hybridized carbons (Fsp3) is 0. The van der Waals surface area contributed by atoms with Crippen LogP contribution in [-0.2, 0) is 0 Å². The van der Waals surface area contributed by atoms with E-state index in [-0.39, 0.29) is 29.6 Å². The molecular formula is H3ClNaO3Si. The van der Waals surface area contributed by atoms with Gasteiger partial charge in [0.2, 0.25) is 0 Å². The van der Waals surface area contributed by atoms with E-state index in [9.17, 15) is 0 Å². The number of halogens is 1. The minimum absolute atomic E-state index is 0. The van der Waals surface area contributed by atoms with Gasteiger partial charge in [-0.2, -0.15) is 0 Å². The summed E-state index contributed by atoms with van der Waals surface area (Å²) in [4.78, 5) is 22.6. The molecule has 0 atom stereocenters. The third-order valence-electron chi connectivity index (χ3n) is 0. The zero-order chi connectivity index (χ0) is 4.50. The molecule has 0 rings (SSSR count). The summed E-state index contributed by atoms with van der Waals surface area (Å²) in [6.07, 6.45) is 0. The van der Waals surface area contributed by atoms with Crippen LogP contribution < -0.4 is 0 Å². The fourth-order valence-corrected chi connectivity index (χ4v) is 0. The van der Waals surface area contributed by atoms with E-state index in [0.717, 1.165) is 0 Å². The van der Waals surface area contributed by atoms with Crippen molar-refractivity contribution in [3.63, 3.8) is 0 Å². The molecule has 0 spiro atoms. The van der Waals surface area contributed by atoms with E-state index >= 15 is 0 Å². The maximum absolute atomic E-state index is 7.54. The molecular weight excluding hydrogens is 135 g/mol. The van der Waals surface area contributed by atoms with Gasteiger partial charge < -0.3 is 14.4 Å². The third kappa shape index (κ3) is 53.9. The predicted octanol–water partition coefficient (Wildman–Crippen LogP) is -1.74. The summed E-state index contributed by atoms with van der Waals surface area (Å²) in [5.74, 6) is 0. The van der Waals surface area contributed by atoms with Crippen LogP contribution in [0.25, 0.3) is 0 Å². The molecule has 1 radical (unpaired) electrons. The summed E-state index contributed by atoms with van der Waals surface area (Å²) in [6, 6.07) is 0. The van der Waals surface area contributed by atoms with Crippen LogP contribution in [0.1, 0.15) is 0 Å². The molecule has 0 aliphatic heterocycles. The number of rotatable bonds is 0. The van der Waals surface area contributed by atoms with Crippen LogP contribution in [-0.4, -0.2) is 52.1 Å². The largest absolute Gasteiger partial charge is 0.605 e. The Kier molecular flexibility index (Phi) is 5.88. The zero-order valence-electron chi connectivity index (χ0n) is 3.22. The van der Waals surface area contributed by atoms with Gasteiger partial charge in [-0.3, -0.25) is 0 Å². The molecule has 0 saturated heterocycles. The summed E-state index contributed by atoms with van der Waals surface area (Å²) >= 11 is 4.34. The first-order valence-corrected chi connectivity index (χ1v) is 3.71. The summed E-state index contributed by atoms with van der Waals surface area (Å²) in [5.41, 5.74) is 0. The fourth-order valence-electron chi connectivity index (χ4n) is 0. The van der Waals surface area contributed by atoms with Gasteiger partial charge >= 0.3 is 8.11 Å². The Labute approximate surface area is 62.9 Å². The van der Waals surface area contributed by atoms with Gasteiger partial charge in [-0.15, -0.1) is 0 Å². The Bertz CT molecular complexity index is 26.3. The van der Waals surface area contributed by atoms with Crippen molar-refractivity contribution in [1.29, 1.82) is 0 Å². The molecule has 0 heterocycles. The second kappa shape index (κ2) is 3.40. The van der Waals surface area contributed by atoms with Crippen LogP contribution in [0.2, 0.25) is 0 Å². The second-order valence-corrected chi connectivity index (χ2v) is 3.18. The Hall–Kier alpha value is 1.39. The van der Waals surface area contributed by atoms with Gasteiger partial charge in [-0.1, -0.05) is 11.1 Å². The topological polar surface area (TPSA) is 60.7 Å². The Morgan fingerprint density at radius 3 is 1.17 bits per heavy atom. The predicted molar refractivity (Wildman–Crippen MR) is 24.0 cm³/mol. The maximum atomic E-state index is 7.54. The van der Waals surface area contributed by atoms with Crippen molar-refractivity contribution >= 4 is 48.8 Å². The zero-order valence-corrected chi connectivity index (χ0v) is 6.98. The van der Waals surface area contributed by atoms with Gasteiger partial charge in [0, 0.05) is 29.6 Å². The monoisotopic (exact) mass is 137 g/mol. The van der Waals surface area contributed by atoms with E-state index < -0.39 is 8.11 Å². The average Bonchev–Trinajstić information content (AvgIpc) is 0.722. The SMILES string of the molecule is O[Si](O)(O)Cl.[Na]. The molecule has 0 bridgehead atoms. The summed E-state index contributed by atoms with van der Waals surface area (Å²) in [5, 5.41) is 0. The molecule has 6 heteroatoms. The molecule has 0 aromatic heterocycles.